The highest BCUT2D eigenvalue weighted by molar-refractivity contribution is 5.96. The van der Waals surface area contributed by atoms with E-state index in [1.54, 1.807) is 7.11 Å². The molecule has 0 aromatic heterocycles. The van der Waals surface area contributed by atoms with E-state index in [1.807, 2.05) is 12.1 Å². The van der Waals surface area contributed by atoms with Gasteiger partial charge in [-0.05, 0) is 73.1 Å². The minimum atomic E-state index is 0.171. The van der Waals surface area contributed by atoms with Crippen LogP contribution in [0, 0.1) is 0 Å². The fourth-order valence-corrected chi connectivity index (χ4v) is 6.61. The Morgan fingerprint density at radius 1 is 0.973 bits per heavy atom. The second-order valence-electron chi connectivity index (χ2n) is 11.1. The van der Waals surface area contributed by atoms with Crippen molar-refractivity contribution in [2.24, 2.45) is 0 Å². The Bertz CT molecular complexity index is 1080. The number of rotatable bonds is 7. The zero-order valence-electron chi connectivity index (χ0n) is 22.5. The highest BCUT2D eigenvalue weighted by Gasteiger charge is 2.35. The average molecular weight is 502 g/mol. The van der Waals surface area contributed by atoms with Gasteiger partial charge in [-0.2, -0.15) is 0 Å². The van der Waals surface area contributed by atoms with Crippen molar-refractivity contribution in [1.29, 1.82) is 0 Å². The quantitative estimate of drug-likeness (QED) is 0.437. The first kappa shape index (κ1) is 26.0. The van der Waals surface area contributed by atoms with Gasteiger partial charge in [-0.1, -0.05) is 43.5 Å². The third kappa shape index (κ3) is 6.10. The third-order valence-corrected chi connectivity index (χ3v) is 8.63. The maximum atomic E-state index is 13.5. The Morgan fingerprint density at radius 2 is 1.78 bits per heavy atom. The summed E-state index contributed by atoms with van der Waals surface area (Å²) in [7, 11) is 1.72. The van der Waals surface area contributed by atoms with Gasteiger partial charge >= 0.3 is 0 Å². The summed E-state index contributed by atoms with van der Waals surface area (Å²) in [4.78, 5) is 20.9. The van der Waals surface area contributed by atoms with Crippen molar-refractivity contribution >= 4 is 5.91 Å². The molecule has 2 unspecified atom stereocenters. The zero-order valence-corrected chi connectivity index (χ0v) is 22.5. The van der Waals surface area contributed by atoms with Crippen molar-refractivity contribution in [3.63, 3.8) is 0 Å². The Hall–Kier alpha value is -2.63. The van der Waals surface area contributed by atoms with Crippen LogP contribution in [-0.2, 0) is 6.54 Å². The predicted molar refractivity (Wildman–Crippen MR) is 151 cm³/mol. The first-order valence-electron chi connectivity index (χ1n) is 14.3. The number of likely N-dealkylation sites (tertiary alicyclic amines) is 1. The molecule has 0 N–H and O–H groups in total. The average Bonchev–Trinajstić information content (AvgIpc) is 3.25. The first-order chi connectivity index (χ1) is 18.2. The molecule has 0 radical (unpaired) electrons. The van der Waals surface area contributed by atoms with Crippen molar-refractivity contribution in [2.45, 2.75) is 70.0 Å². The van der Waals surface area contributed by atoms with E-state index in [4.69, 9.17) is 4.74 Å². The molecule has 3 aliphatic heterocycles. The predicted octanol–water partition coefficient (Wildman–Crippen LogP) is 5.99. The Morgan fingerprint density at radius 3 is 2.57 bits per heavy atom. The van der Waals surface area contributed by atoms with Crippen LogP contribution in [0.1, 0.15) is 67.3 Å². The fourth-order valence-electron chi connectivity index (χ4n) is 6.61. The molecular formula is C32H43N3O2. The molecule has 37 heavy (non-hydrogen) atoms. The molecule has 2 aromatic rings. The van der Waals surface area contributed by atoms with Gasteiger partial charge in [0.2, 0.25) is 0 Å². The summed E-state index contributed by atoms with van der Waals surface area (Å²) < 4.78 is 5.57. The second-order valence-corrected chi connectivity index (χ2v) is 11.1. The van der Waals surface area contributed by atoms with Gasteiger partial charge in [-0.25, -0.2) is 0 Å². The van der Waals surface area contributed by atoms with E-state index in [-0.39, 0.29) is 5.91 Å². The summed E-state index contributed by atoms with van der Waals surface area (Å²) in [6, 6.07) is 15.9. The van der Waals surface area contributed by atoms with Crippen molar-refractivity contribution < 1.29 is 9.53 Å². The minimum Gasteiger partial charge on any atom is -0.497 e. The summed E-state index contributed by atoms with van der Waals surface area (Å²) in [5.74, 6) is 1.02. The van der Waals surface area contributed by atoms with Crippen LogP contribution in [0.15, 0.2) is 55.1 Å². The Kier molecular flexibility index (Phi) is 8.62. The zero-order chi connectivity index (χ0) is 25.6. The van der Waals surface area contributed by atoms with Crippen molar-refractivity contribution in [3.05, 3.63) is 66.2 Å². The largest absolute Gasteiger partial charge is 0.497 e. The van der Waals surface area contributed by atoms with Gasteiger partial charge in [0.05, 0.1) is 7.11 Å². The second kappa shape index (κ2) is 12.3. The molecular weight excluding hydrogens is 458 g/mol. The molecule has 5 nitrogen and oxygen atoms in total. The number of carbonyl (C=O) groups excluding carboxylic acids is 1. The van der Waals surface area contributed by atoms with E-state index >= 15 is 0 Å². The van der Waals surface area contributed by atoms with Gasteiger partial charge in [-0.3, -0.25) is 14.6 Å². The normalized spacial score (nSPS) is 23.2. The van der Waals surface area contributed by atoms with Crippen LogP contribution in [0.25, 0.3) is 11.1 Å². The fraction of sp³-hybridized carbons (Fsp3) is 0.531. The summed E-state index contributed by atoms with van der Waals surface area (Å²) in [6.45, 7) is 9.87. The van der Waals surface area contributed by atoms with E-state index in [2.05, 4.69) is 57.7 Å². The number of carbonyl (C=O) groups is 1. The van der Waals surface area contributed by atoms with Crippen LogP contribution in [0.4, 0.5) is 0 Å². The molecule has 2 aromatic carbocycles. The molecule has 1 amide bonds. The number of piperidine rings is 1. The molecule has 0 spiro atoms. The first-order valence-corrected chi connectivity index (χ1v) is 14.3. The minimum absolute atomic E-state index is 0.171. The Balaban J connectivity index is 1.47. The lowest BCUT2D eigenvalue weighted by Crippen LogP contribution is -2.47. The summed E-state index contributed by atoms with van der Waals surface area (Å²) in [6.07, 6.45) is 11.8. The van der Waals surface area contributed by atoms with E-state index in [0.29, 0.717) is 12.1 Å². The maximum Gasteiger partial charge on any atom is 0.253 e. The highest BCUT2D eigenvalue weighted by Crippen LogP contribution is 2.34. The summed E-state index contributed by atoms with van der Waals surface area (Å²) >= 11 is 0. The van der Waals surface area contributed by atoms with Crippen LogP contribution in [0.3, 0.4) is 0 Å². The number of hydrogen-bond donors (Lipinski definition) is 0. The van der Waals surface area contributed by atoms with E-state index in [0.717, 1.165) is 74.6 Å². The van der Waals surface area contributed by atoms with E-state index in [1.165, 1.54) is 44.1 Å². The van der Waals surface area contributed by atoms with Crippen LogP contribution < -0.4 is 4.74 Å². The van der Waals surface area contributed by atoms with Gasteiger partial charge in [-0.15, -0.1) is 6.58 Å². The molecule has 3 fully saturated rings. The van der Waals surface area contributed by atoms with Crippen molar-refractivity contribution in [2.75, 3.05) is 39.8 Å². The lowest BCUT2D eigenvalue weighted by Gasteiger charge is -2.41. The molecule has 2 atom stereocenters. The number of ether oxygens (including phenoxy) is 1. The monoisotopic (exact) mass is 501 g/mol. The SMILES string of the molecule is C=CCN1CCC2CCCC(C1)N2Cc1ccc(C(=O)N2CCCCCC2)cc1-c1cccc(OC)c1. The number of amides is 1. The lowest BCUT2D eigenvalue weighted by atomic mass is 9.91. The summed E-state index contributed by atoms with van der Waals surface area (Å²) in [5.41, 5.74) is 4.38. The topological polar surface area (TPSA) is 36.0 Å². The van der Waals surface area contributed by atoms with Gasteiger partial charge < -0.3 is 9.64 Å². The van der Waals surface area contributed by atoms with Gasteiger partial charge in [0, 0.05) is 56.9 Å². The highest BCUT2D eigenvalue weighted by atomic mass is 16.5. The van der Waals surface area contributed by atoms with Gasteiger partial charge in [0.15, 0.2) is 0 Å². The summed E-state index contributed by atoms with van der Waals surface area (Å²) in [5, 5.41) is 0. The number of fused-ring (bicyclic) bond motifs is 2. The standard InChI is InChI=1S/C32H43N3O2/c1-3-17-33-20-16-28-11-9-12-29(24-33)35(28)23-27-15-14-26(32(36)34-18-6-4-5-7-19-34)22-31(27)25-10-8-13-30(21-25)37-2/h3,8,10,13-15,21-22,28-29H,1,4-7,9,11-12,16-20,23-24H2,2H3. The molecule has 0 aliphatic carbocycles. The molecule has 0 saturated carbocycles. The lowest BCUT2D eigenvalue weighted by molar-refractivity contribution is 0.0759. The smallest absolute Gasteiger partial charge is 0.253 e. The third-order valence-electron chi connectivity index (χ3n) is 8.63. The van der Waals surface area contributed by atoms with E-state index in [9.17, 15) is 4.79 Å². The number of methoxy groups -OCH3 is 1. The van der Waals surface area contributed by atoms with Crippen LogP contribution in [0.2, 0.25) is 0 Å². The number of hydrogen-bond acceptors (Lipinski definition) is 4. The van der Waals surface area contributed by atoms with Crippen LogP contribution >= 0.6 is 0 Å². The molecule has 198 valence electrons. The van der Waals surface area contributed by atoms with Crippen molar-refractivity contribution in [3.8, 4) is 16.9 Å². The molecule has 5 rings (SSSR count). The van der Waals surface area contributed by atoms with Crippen molar-refractivity contribution in [1.82, 2.24) is 14.7 Å². The number of nitrogens with zero attached hydrogens (tertiary/aromatic N) is 3. The maximum absolute atomic E-state index is 13.5. The molecule has 3 saturated heterocycles. The molecule has 3 heterocycles. The van der Waals surface area contributed by atoms with Crippen LogP contribution in [0.5, 0.6) is 5.75 Å². The van der Waals surface area contributed by atoms with Gasteiger partial charge in [0.25, 0.3) is 5.91 Å². The number of benzene rings is 2. The molecule has 5 heteroatoms. The molecule has 2 bridgehead atoms. The van der Waals surface area contributed by atoms with Gasteiger partial charge in [0.1, 0.15) is 5.75 Å². The van der Waals surface area contributed by atoms with E-state index < -0.39 is 0 Å². The Labute approximate surface area is 223 Å². The van der Waals surface area contributed by atoms with Crippen LogP contribution in [-0.4, -0.2) is 72.5 Å². The molecule has 3 aliphatic rings.